The molecule has 0 aliphatic carbocycles. The lowest BCUT2D eigenvalue weighted by atomic mass is 9.77. The first-order valence-corrected chi connectivity index (χ1v) is 11.0. The number of amides is 1. The van der Waals surface area contributed by atoms with Crippen LogP contribution in [0.25, 0.3) is 6.08 Å². The summed E-state index contributed by atoms with van der Waals surface area (Å²) in [5.74, 6) is -1.63. The first-order valence-electron chi connectivity index (χ1n) is 11.0. The maximum absolute atomic E-state index is 14.7. The second kappa shape index (κ2) is 10.4. The van der Waals surface area contributed by atoms with E-state index in [9.17, 15) is 14.0 Å². The molecule has 34 heavy (non-hydrogen) atoms. The molecule has 0 unspecified atom stereocenters. The number of carboxylic acid groups (broad SMARTS) is 1. The summed E-state index contributed by atoms with van der Waals surface area (Å²) >= 11 is 0. The van der Waals surface area contributed by atoms with Crippen LogP contribution in [0.3, 0.4) is 0 Å². The van der Waals surface area contributed by atoms with Gasteiger partial charge in [-0.3, -0.25) is 4.79 Å². The number of hydrogen-bond acceptors (Lipinski definition) is 5. The van der Waals surface area contributed by atoms with E-state index in [1.807, 2.05) is 58.0 Å². The number of hydrogen-bond donors (Lipinski definition) is 2. The van der Waals surface area contributed by atoms with E-state index in [2.05, 4.69) is 5.32 Å². The smallest absolute Gasteiger partial charge is 0.481 e. The second-order valence-corrected chi connectivity index (χ2v) is 9.15. The van der Waals surface area contributed by atoms with Crippen molar-refractivity contribution in [3.63, 3.8) is 0 Å². The van der Waals surface area contributed by atoms with Gasteiger partial charge >= 0.3 is 19.2 Å². The number of carboxylic acids is 1. The summed E-state index contributed by atoms with van der Waals surface area (Å²) in [5, 5.41) is 11.6. The lowest BCUT2D eigenvalue weighted by Crippen LogP contribution is -2.41. The predicted molar refractivity (Wildman–Crippen MR) is 126 cm³/mol. The second-order valence-electron chi connectivity index (χ2n) is 9.15. The number of aliphatic carboxylic acids is 1. The van der Waals surface area contributed by atoms with Crippen molar-refractivity contribution in [1.29, 1.82) is 0 Å². The van der Waals surface area contributed by atoms with Crippen molar-refractivity contribution in [3.8, 4) is 0 Å². The van der Waals surface area contributed by atoms with Crippen LogP contribution in [0, 0.1) is 5.82 Å². The minimum absolute atomic E-state index is 0.000761. The molecule has 0 saturated carbocycles. The number of halogens is 1. The molecule has 1 aliphatic rings. The molecule has 1 saturated heterocycles. The highest BCUT2D eigenvalue weighted by molar-refractivity contribution is 6.56. The number of carbonyl (C=O) groups is 2. The molecule has 3 rings (SSSR count). The fourth-order valence-corrected chi connectivity index (χ4v) is 3.32. The summed E-state index contributed by atoms with van der Waals surface area (Å²) < 4.78 is 32.2. The Morgan fingerprint density at radius 1 is 1.06 bits per heavy atom. The van der Waals surface area contributed by atoms with E-state index >= 15 is 0 Å². The van der Waals surface area contributed by atoms with Gasteiger partial charge in [0.2, 0.25) is 0 Å². The van der Waals surface area contributed by atoms with Crippen LogP contribution < -0.4 is 5.32 Å². The van der Waals surface area contributed by atoms with Crippen molar-refractivity contribution in [1.82, 2.24) is 5.32 Å². The summed E-state index contributed by atoms with van der Waals surface area (Å²) in [6.07, 6.45) is 0.628. The maximum atomic E-state index is 14.7. The molecule has 0 aromatic heterocycles. The van der Waals surface area contributed by atoms with Crippen LogP contribution in [-0.2, 0) is 31.9 Å². The summed E-state index contributed by atoms with van der Waals surface area (Å²) in [4.78, 5) is 23.2. The molecule has 1 aliphatic heterocycles. The minimum Gasteiger partial charge on any atom is -0.481 e. The van der Waals surface area contributed by atoms with E-state index in [-0.39, 0.29) is 25.1 Å². The van der Waals surface area contributed by atoms with E-state index in [0.717, 1.165) is 5.56 Å². The van der Waals surface area contributed by atoms with Gasteiger partial charge in [-0.1, -0.05) is 48.5 Å². The minimum atomic E-state index is -1.04. The van der Waals surface area contributed by atoms with Gasteiger partial charge in [-0.25, -0.2) is 9.18 Å². The lowest BCUT2D eigenvalue weighted by Gasteiger charge is -2.32. The Hall–Kier alpha value is -3.17. The molecule has 0 spiro atoms. The van der Waals surface area contributed by atoms with Crippen LogP contribution in [0.1, 0.15) is 44.4 Å². The number of nitrogens with one attached hydrogen (secondary N) is 1. The maximum Gasteiger partial charge on any atom is 0.492 e. The molecule has 180 valence electrons. The zero-order valence-corrected chi connectivity index (χ0v) is 19.8. The van der Waals surface area contributed by atoms with Crippen molar-refractivity contribution < 1.29 is 33.1 Å². The summed E-state index contributed by atoms with van der Waals surface area (Å²) in [6.45, 7) is 7.70. The van der Waals surface area contributed by atoms with Crippen LogP contribution >= 0.6 is 0 Å². The van der Waals surface area contributed by atoms with Gasteiger partial charge in [-0.2, -0.15) is 0 Å². The number of benzene rings is 2. The number of ether oxygens (including phenoxy) is 1. The summed E-state index contributed by atoms with van der Waals surface area (Å²) in [6, 6.07) is 13.5. The average molecular weight is 469 g/mol. The van der Waals surface area contributed by atoms with Gasteiger partial charge in [0.25, 0.3) is 0 Å². The Morgan fingerprint density at radius 2 is 1.71 bits per heavy atom. The molecule has 2 aromatic carbocycles. The zero-order chi connectivity index (χ0) is 24.9. The topological polar surface area (TPSA) is 94.1 Å². The number of alkyl carbamates (subject to hydrolysis) is 1. The van der Waals surface area contributed by atoms with Crippen LogP contribution in [0.4, 0.5) is 9.18 Å². The first-order chi connectivity index (χ1) is 16.0. The molecule has 2 N–H and O–H groups in total. The molecule has 1 amide bonds. The Balaban J connectivity index is 1.77. The Bertz CT molecular complexity index is 1050. The third-order valence-electron chi connectivity index (χ3n) is 5.97. The van der Waals surface area contributed by atoms with Crippen LogP contribution in [-0.4, -0.2) is 42.0 Å². The summed E-state index contributed by atoms with van der Waals surface area (Å²) in [5.41, 5.74) is 0.645. The van der Waals surface area contributed by atoms with Gasteiger partial charge < -0.3 is 24.5 Å². The standard InChI is InChI=1S/C25H29BFNO6/c1-24(2)25(3,4)34-26(33-24)20(14-19-11-10-18(12-21(19)27)13-22(29)30)15-28-23(31)32-16-17-8-6-5-7-9-17/h5-12,14H,13,15-16H2,1-4H3,(H,28,31)(H,29,30). The van der Waals surface area contributed by atoms with Gasteiger partial charge in [0.1, 0.15) is 12.4 Å². The third kappa shape index (κ3) is 6.45. The van der Waals surface area contributed by atoms with Gasteiger partial charge in [-0.05, 0) is 50.4 Å². The van der Waals surface area contributed by atoms with Crippen LogP contribution in [0.5, 0.6) is 0 Å². The molecular formula is C25H29BFNO6. The first kappa shape index (κ1) is 25.5. The Morgan fingerprint density at radius 3 is 2.29 bits per heavy atom. The molecule has 0 bridgehead atoms. The highest BCUT2D eigenvalue weighted by Gasteiger charge is 2.52. The third-order valence-corrected chi connectivity index (χ3v) is 5.97. The SMILES string of the molecule is CC1(C)OB(C(=Cc2ccc(CC(=O)O)cc2F)CNC(=O)OCc2ccccc2)OC1(C)C. The molecule has 0 radical (unpaired) electrons. The van der Waals surface area contributed by atoms with Crippen molar-refractivity contribution in [2.75, 3.05) is 6.54 Å². The molecule has 7 nitrogen and oxygen atoms in total. The van der Waals surface area contributed by atoms with E-state index < -0.39 is 36.2 Å². The van der Waals surface area contributed by atoms with E-state index in [0.29, 0.717) is 11.0 Å². The molecular weight excluding hydrogens is 440 g/mol. The van der Waals surface area contributed by atoms with E-state index in [4.69, 9.17) is 19.2 Å². The summed E-state index contributed by atoms with van der Waals surface area (Å²) in [7, 11) is -0.822. The highest BCUT2D eigenvalue weighted by Crippen LogP contribution is 2.38. The highest BCUT2D eigenvalue weighted by atomic mass is 19.1. The van der Waals surface area contributed by atoms with Crippen LogP contribution in [0.2, 0.25) is 0 Å². The monoisotopic (exact) mass is 469 g/mol. The van der Waals surface area contributed by atoms with Crippen LogP contribution in [0.15, 0.2) is 54.0 Å². The van der Waals surface area contributed by atoms with Crippen molar-refractivity contribution in [2.24, 2.45) is 0 Å². The van der Waals surface area contributed by atoms with E-state index in [1.165, 1.54) is 12.1 Å². The van der Waals surface area contributed by atoms with Gasteiger partial charge in [0, 0.05) is 12.1 Å². The quantitative estimate of drug-likeness (QED) is 0.557. The largest absolute Gasteiger partial charge is 0.492 e. The molecule has 1 heterocycles. The molecule has 2 aromatic rings. The average Bonchev–Trinajstić information content (AvgIpc) is 2.98. The normalized spacial score (nSPS) is 16.9. The zero-order valence-electron chi connectivity index (χ0n) is 19.8. The predicted octanol–water partition coefficient (Wildman–Crippen LogP) is 4.39. The van der Waals surface area contributed by atoms with E-state index in [1.54, 1.807) is 12.1 Å². The lowest BCUT2D eigenvalue weighted by molar-refractivity contribution is -0.136. The molecule has 0 atom stereocenters. The van der Waals surface area contributed by atoms with Crippen molar-refractivity contribution in [2.45, 2.75) is 51.9 Å². The number of carbonyl (C=O) groups excluding carboxylic acids is 1. The van der Waals surface area contributed by atoms with Crippen molar-refractivity contribution in [3.05, 3.63) is 76.5 Å². The van der Waals surface area contributed by atoms with Gasteiger partial charge in [0.05, 0.1) is 17.6 Å². The Kier molecular flexibility index (Phi) is 7.79. The molecule has 9 heteroatoms. The van der Waals surface area contributed by atoms with Crippen molar-refractivity contribution >= 4 is 25.3 Å². The Labute approximate surface area is 199 Å². The fraction of sp³-hybridized carbons (Fsp3) is 0.360. The van der Waals surface area contributed by atoms with Gasteiger partial charge in [-0.15, -0.1) is 0 Å². The fourth-order valence-electron chi connectivity index (χ4n) is 3.32. The number of rotatable bonds is 8. The molecule has 1 fully saturated rings. The van der Waals surface area contributed by atoms with Gasteiger partial charge in [0.15, 0.2) is 0 Å².